The maximum absolute atomic E-state index is 10.4. The predicted molar refractivity (Wildman–Crippen MR) is 146 cm³/mol. The minimum atomic E-state index is -0.254. The quantitative estimate of drug-likeness (QED) is 0.221. The number of aromatic hydroxyl groups is 2. The van der Waals surface area contributed by atoms with Crippen LogP contribution in [-0.2, 0) is 0 Å². The van der Waals surface area contributed by atoms with E-state index in [0.29, 0.717) is 11.1 Å². The van der Waals surface area contributed by atoms with Crippen LogP contribution in [0.25, 0.3) is 0 Å². The molecular formula is C30H30O2S2. The van der Waals surface area contributed by atoms with E-state index in [-0.39, 0.29) is 21.0 Å². The van der Waals surface area contributed by atoms with Crippen LogP contribution in [0.3, 0.4) is 0 Å². The SMILES string of the molecule is CC(C)(C)Sc1ccc(C#Cc2ccc(C#Cc3ccc(SC(C)(C)C)cc3)c(O)c2O)cc1. The Kier molecular flexibility index (Phi) is 7.98. The molecule has 2 nitrogen and oxygen atoms in total. The van der Waals surface area contributed by atoms with Crippen molar-refractivity contribution in [1.29, 1.82) is 0 Å². The molecule has 34 heavy (non-hydrogen) atoms. The van der Waals surface area contributed by atoms with Gasteiger partial charge in [-0.1, -0.05) is 65.2 Å². The van der Waals surface area contributed by atoms with Crippen LogP contribution < -0.4 is 0 Å². The van der Waals surface area contributed by atoms with Crippen molar-refractivity contribution in [3.05, 3.63) is 82.9 Å². The molecule has 3 aromatic carbocycles. The van der Waals surface area contributed by atoms with Crippen LogP contribution in [0.1, 0.15) is 63.8 Å². The largest absolute Gasteiger partial charge is 0.503 e. The van der Waals surface area contributed by atoms with Gasteiger partial charge in [-0.3, -0.25) is 0 Å². The van der Waals surface area contributed by atoms with Crippen LogP contribution in [0, 0.1) is 23.7 Å². The Bertz CT molecular complexity index is 1170. The highest BCUT2D eigenvalue weighted by atomic mass is 32.2. The third kappa shape index (κ3) is 7.84. The summed E-state index contributed by atoms with van der Waals surface area (Å²) in [4.78, 5) is 2.37. The number of benzene rings is 3. The third-order valence-electron chi connectivity index (χ3n) is 4.39. The number of thioether (sulfide) groups is 2. The minimum Gasteiger partial charge on any atom is -0.503 e. The van der Waals surface area contributed by atoms with Crippen LogP contribution in [0.4, 0.5) is 0 Å². The van der Waals surface area contributed by atoms with Crippen LogP contribution in [0.15, 0.2) is 70.5 Å². The Morgan fingerprint density at radius 1 is 0.500 bits per heavy atom. The summed E-state index contributed by atoms with van der Waals surface area (Å²) in [6.45, 7) is 13.1. The molecule has 0 bridgehead atoms. The van der Waals surface area contributed by atoms with Crippen LogP contribution in [0.5, 0.6) is 11.5 Å². The van der Waals surface area contributed by atoms with E-state index >= 15 is 0 Å². The fourth-order valence-electron chi connectivity index (χ4n) is 2.98. The summed E-state index contributed by atoms with van der Waals surface area (Å²) in [6.07, 6.45) is 0. The van der Waals surface area contributed by atoms with E-state index in [9.17, 15) is 10.2 Å². The van der Waals surface area contributed by atoms with E-state index in [1.165, 1.54) is 9.79 Å². The van der Waals surface area contributed by atoms with E-state index in [1.54, 1.807) is 35.7 Å². The summed E-state index contributed by atoms with van der Waals surface area (Å²) in [5.41, 5.74) is 2.41. The lowest BCUT2D eigenvalue weighted by molar-refractivity contribution is 0.402. The van der Waals surface area contributed by atoms with E-state index < -0.39 is 0 Å². The van der Waals surface area contributed by atoms with Gasteiger partial charge in [0.25, 0.3) is 0 Å². The topological polar surface area (TPSA) is 40.5 Å². The normalized spacial score (nSPS) is 11.2. The van der Waals surface area contributed by atoms with Gasteiger partial charge >= 0.3 is 0 Å². The van der Waals surface area contributed by atoms with Crippen LogP contribution >= 0.6 is 23.5 Å². The van der Waals surface area contributed by atoms with Gasteiger partial charge in [0.05, 0.1) is 11.1 Å². The standard InChI is InChI=1S/C30H30O2S2/c1-29(2,3)33-25-17-9-21(10-18-25)7-13-23-15-16-24(28(32)27(23)31)14-8-22-11-19-26(20-12-22)34-30(4,5)6/h9-12,15-20,31-32H,1-6H3. The molecular weight excluding hydrogens is 456 g/mol. The fourth-order valence-corrected chi connectivity index (χ4v) is 4.94. The van der Waals surface area contributed by atoms with Crippen molar-refractivity contribution in [2.45, 2.75) is 60.8 Å². The number of phenols is 2. The smallest absolute Gasteiger partial charge is 0.174 e. The second-order valence-electron chi connectivity index (χ2n) is 9.84. The minimum absolute atomic E-state index is 0.149. The average Bonchev–Trinajstić information content (AvgIpc) is 2.74. The Morgan fingerprint density at radius 2 is 0.824 bits per heavy atom. The predicted octanol–water partition coefficient (Wildman–Crippen LogP) is 7.68. The number of hydrogen-bond acceptors (Lipinski definition) is 4. The van der Waals surface area contributed by atoms with Gasteiger partial charge in [-0.2, -0.15) is 0 Å². The summed E-state index contributed by atoms with van der Waals surface area (Å²) in [6, 6.07) is 19.4. The molecule has 0 atom stereocenters. The maximum Gasteiger partial charge on any atom is 0.174 e. The van der Waals surface area contributed by atoms with E-state index in [0.717, 1.165) is 11.1 Å². The number of hydrogen-bond donors (Lipinski definition) is 2. The highest BCUT2D eigenvalue weighted by Gasteiger charge is 2.13. The van der Waals surface area contributed by atoms with Crippen molar-refractivity contribution in [3.8, 4) is 35.2 Å². The molecule has 0 aliphatic rings. The molecule has 0 aromatic heterocycles. The molecule has 0 saturated heterocycles. The zero-order valence-electron chi connectivity index (χ0n) is 20.5. The molecule has 0 fully saturated rings. The molecule has 0 heterocycles. The summed E-state index contributed by atoms with van der Waals surface area (Å²) in [5.74, 6) is 11.5. The van der Waals surface area contributed by atoms with E-state index in [2.05, 4.69) is 65.2 Å². The van der Waals surface area contributed by atoms with Crippen LogP contribution in [-0.4, -0.2) is 19.7 Å². The van der Waals surface area contributed by atoms with Crippen molar-refractivity contribution in [2.75, 3.05) is 0 Å². The molecule has 0 aliphatic carbocycles. The van der Waals surface area contributed by atoms with Crippen molar-refractivity contribution < 1.29 is 10.2 Å². The molecule has 4 heteroatoms. The zero-order valence-corrected chi connectivity index (χ0v) is 22.1. The monoisotopic (exact) mass is 486 g/mol. The van der Waals surface area contributed by atoms with Crippen LogP contribution in [0.2, 0.25) is 0 Å². The highest BCUT2D eigenvalue weighted by Crippen LogP contribution is 2.34. The van der Waals surface area contributed by atoms with Gasteiger partial charge < -0.3 is 10.2 Å². The first-order valence-electron chi connectivity index (χ1n) is 11.1. The fraction of sp³-hybridized carbons (Fsp3) is 0.267. The van der Waals surface area contributed by atoms with Crippen molar-refractivity contribution in [3.63, 3.8) is 0 Å². The lowest BCUT2D eigenvalue weighted by Crippen LogP contribution is -2.06. The van der Waals surface area contributed by atoms with Gasteiger partial charge in [0.2, 0.25) is 0 Å². The van der Waals surface area contributed by atoms with E-state index in [1.807, 2.05) is 48.5 Å². The molecule has 2 N–H and O–H groups in total. The van der Waals surface area contributed by atoms with Gasteiger partial charge in [0.1, 0.15) is 0 Å². The van der Waals surface area contributed by atoms with Gasteiger partial charge in [-0.15, -0.1) is 23.5 Å². The first kappa shape index (κ1) is 25.7. The molecule has 3 aromatic rings. The van der Waals surface area contributed by atoms with Gasteiger partial charge in [-0.05, 0) is 60.7 Å². The van der Waals surface area contributed by atoms with Crippen molar-refractivity contribution in [2.24, 2.45) is 0 Å². The molecule has 0 spiro atoms. The van der Waals surface area contributed by atoms with Gasteiger partial charge in [0.15, 0.2) is 11.5 Å². The molecule has 174 valence electrons. The highest BCUT2D eigenvalue weighted by molar-refractivity contribution is 8.00. The first-order chi connectivity index (χ1) is 15.9. The van der Waals surface area contributed by atoms with Crippen molar-refractivity contribution in [1.82, 2.24) is 0 Å². The van der Waals surface area contributed by atoms with Crippen molar-refractivity contribution >= 4 is 23.5 Å². The zero-order chi connectivity index (χ0) is 24.9. The summed E-state index contributed by atoms with van der Waals surface area (Å²) < 4.78 is 0.297. The molecule has 3 rings (SSSR count). The molecule has 0 saturated carbocycles. The van der Waals surface area contributed by atoms with Gasteiger partial charge in [0, 0.05) is 30.4 Å². The Labute approximate surface area is 212 Å². The lowest BCUT2D eigenvalue weighted by atomic mass is 10.1. The Balaban J connectivity index is 1.74. The lowest BCUT2D eigenvalue weighted by Gasteiger charge is -2.17. The summed E-state index contributed by atoms with van der Waals surface area (Å²) >= 11 is 3.60. The summed E-state index contributed by atoms with van der Waals surface area (Å²) in [5, 5.41) is 20.9. The molecule has 0 unspecified atom stereocenters. The Hall–Kier alpha value is -2.92. The molecule has 0 aliphatic heterocycles. The number of phenolic OH excluding ortho intramolecular Hbond substituents is 2. The molecule has 0 amide bonds. The second kappa shape index (κ2) is 10.6. The molecule has 0 radical (unpaired) electrons. The third-order valence-corrected chi connectivity index (χ3v) is 6.63. The first-order valence-corrected chi connectivity index (χ1v) is 12.7. The van der Waals surface area contributed by atoms with E-state index in [4.69, 9.17) is 0 Å². The average molecular weight is 487 g/mol. The summed E-state index contributed by atoms with van der Waals surface area (Å²) in [7, 11) is 0. The second-order valence-corrected chi connectivity index (χ2v) is 13.6. The maximum atomic E-state index is 10.4. The number of rotatable bonds is 2. The van der Waals surface area contributed by atoms with Gasteiger partial charge in [-0.25, -0.2) is 0 Å². The Morgan fingerprint density at radius 3 is 1.12 bits per heavy atom.